The van der Waals surface area contributed by atoms with E-state index >= 15 is 0 Å². The summed E-state index contributed by atoms with van der Waals surface area (Å²) in [5.41, 5.74) is 0. The highest BCUT2D eigenvalue weighted by molar-refractivity contribution is 5.84. The molecule has 0 fully saturated rings. The van der Waals surface area contributed by atoms with Crippen molar-refractivity contribution in [2.45, 2.75) is 46.3 Å². The number of hydrogen-bond acceptors (Lipinski definition) is 3. The second-order valence-corrected chi connectivity index (χ2v) is 3.62. The van der Waals surface area contributed by atoms with Gasteiger partial charge >= 0.3 is 0 Å². The molecule has 0 saturated carbocycles. The maximum atomic E-state index is 11.9. The fourth-order valence-corrected chi connectivity index (χ4v) is 1.70. The van der Waals surface area contributed by atoms with Crippen LogP contribution in [0.4, 0.5) is 0 Å². The number of imidazole rings is 1. The van der Waals surface area contributed by atoms with Gasteiger partial charge in [0.15, 0.2) is 5.78 Å². The van der Waals surface area contributed by atoms with Gasteiger partial charge in [-0.25, -0.2) is 4.98 Å². The predicted molar refractivity (Wildman–Crippen MR) is 62.3 cm³/mol. The summed E-state index contributed by atoms with van der Waals surface area (Å²) >= 11 is 0. The normalized spacial score (nSPS) is 12.7. The smallest absolute Gasteiger partial charge is 0.169 e. The van der Waals surface area contributed by atoms with E-state index in [2.05, 4.69) is 4.98 Å². The Balaban J connectivity index is 2.62. The van der Waals surface area contributed by atoms with E-state index in [1.165, 1.54) is 0 Å². The van der Waals surface area contributed by atoms with Crippen LogP contribution < -0.4 is 0 Å². The molecule has 4 heteroatoms. The number of ether oxygens (including phenoxy) is 1. The first-order valence-corrected chi connectivity index (χ1v) is 5.87. The first-order valence-electron chi connectivity index (χ1n) is 5.87. The van der Waals surface area contributed by atoms with Crippen LogP contribution in [0.15, 0.2) is 12.4 Å². The lowest BCUT2D eigenvalue weighted by atomic mass is 10.1. The van der Waals surface area contributed by atoms with Crippen molar-refractivity contribution in [3.8, 4) is 0 Å². The zero-order valence-corrected chi connectivity index (χ0v) is 10.3. The van der Waals surface area contributed by atoms with Crippen molar-refractivity contribution in [2.24, 2.45) is 0 Å². The molecule has 0 radical (unpaired) electrons. The average molecular weight is 224 g/mol. The Kier molecular flexibility index (Phi) is 5.19. The molecule has 0 aliphatic carbocycles. The summed E-state index contributed by atoms with van der Waals surface area (Å²) in [7, 11) is 0. The van der Waals surface area contributed by atoms with Crippen LogP contribution in [-0.2, 0) is 22.5 Å². The molecule has 16 heavy (non-hydrogen) atoms. The Morgan fingerprint density at radius 2 is 2.25 bits per heavy atom. The fourth-order valence-electron chi connectivity index (χ4n) is 1.70. The molecule has 0 aliphatic rings. The number of hydrogen-bond donors (Lipinski definition) is 0. The molecule has 0 aromatic carbocycles. The highest BCUT2D eigenvalue weighted by atomic mass is 16.5. The first kappa shape index (κ1) is 12.9. The number of Topliss-reactive ketones (excluding diaryl/α,β-unsaturated/α-hetero) is 1. The molecule has 0 N–H and O–H groups in total. The number of nitrogens with zero attached hydrogens (tertiary/aromatic N) is 2. The van der Waals surface area contributed by atoms with E-state index in [0.717, 1.165) is 18.8 Å². The molecule has 4 nitrogen and oxygen atoms in total. The predicted octanol–water partition coefficient (Wildman–Crippen LogP) is 1.83. The minimum absolute atomic E-state index is 0.116. The summed E-state index contributed by atoms with van der Waals surface area (Å²) in [4.78, 5) is 16.1. The number of carbonyl (C=O) groups excluding carboxylic acids is 1. The molecule has 1 heterocycles. The van der Waals surface area contributed by atoms with Gasteiger partial charge in [-0.1, -0.05) is 6.92 Å². The molecular weight excluding hydrogens is 204 g/mol. The van der Waals surface area contributed by atoms with Crippen molar-refractivity contribution in [1.29, 1.82) is 0 Å². The largest absolute Gasteiger partial charge is 0.371 e. The summed E-state index contributed by atoms with van der Waals surface area (Å²) in [6.07, 6.45) is 4.42. The number of aryl methyl sites for hydroxylation is 1. The molecule has 0 aliphatic heterocycles. The summed E-state index contributed by atoms with van der Waals surface area (Å²) in [5, 5.41) is 0. The summed E-state index contributed by atoms with van der Waals surface area (Å²) in [5.74, 6) is 0.941. The van der Waals surface area contributed by atoms with Gasteiger partial charge in [0.25, 0.3) is 0 Å². The maximum Gasteiger partial charge on any atom is 0.169 e. The molecule has 1 aromatic heterocycles. The van der Waals surface area contributed by atoms with Gasteiger partial charge in [-0.05, 0) is 20.3 Å². The maximum absolute atomic E-state index is 11.9. The quantitative estimate of drug-likeness (QED) is 0.709. The minimum atomic E-state index is -0.285. The molecule has 1 aromatic rings. The van der Waals surface area contributed by atoms with Gasteiger partial charge < -0.3 is 9.30 Å². The lowest BCUT2D eigenvalue weighted by Crippen LogP contribution is -2.26. The van der Waals surface area contributed by atoms with E-state index in [1.807, 2.05) is 31.5 Å². The SMILES string of the molecule is CCOC(CC)C(=O)Cc1nccn1CC. The molecular formula is C12H20N2O2. The van der Waals surface area contributed by atoms with Gasteiger partial charge in [0, 0.05) is 25.5 Å². The van der Waals surface area contributed by atoms with Crippen molar-refractivity contribution in [1.82, 2.24) is 9.55 Å². The fraction of sp³-hybridized carbons (Fsp3) is 0.667. The Morgan fingerprint density at radius 3 is 2.81 bits per heavy atom. The van der Waals surface area contributed by atoms with Gasteiger partial charge in [0.1, 0.15) is 11.9 Å². The lowest BCUT2D eigenvalue weighted by Gasteiger charge is -2.13. The van der Waals surface area contributed by atoms with Crippen molar-refractivity contribution >= 4 is 5.78 Å². The number of carbonyl (C=O) groups is 1. The van der Waals surface area contributed by atoms with Crippen molar-refractivity contribution in [3.05, 3.63) is 18.2 Å². The Morgan fingerprint density at radius 1 is 1.50 bits per heavy atom. The van der Waals surface area contributed by atoms with Gasteiger partial charge in [0.05, 0.1) is 6.42 Å². The third-order valence-corrected chi connectivity index (χ3v) is 2.57. The number of ketones is 1. The Hall–Kier alpha value is -1.16. The van der Waals surface area contributed by atoms with E-state index < -0.39 is 0 Å². The van der Waals surface area contributed by atoms with Crippen LogP contribution in [0.25, 0.3) is 0 Å². The van der Waals surface area contributed by atoms with Crippen LogP contribution in [0.1, 0.15) is 33.0 Å². The molecule has 0 amide bonds. The second-order valence-electron chi connectivity index (χ2n) is 3.62. The second kappa shape index (κ2) is 6.43. The number of aromatic nitrogens is 2. The van der Waals surface area contributed by atoms with Gasteiger partial charge in [-0.15, -0.1) is 0 Å². The van der Waals surface area contributed by atoms with Crippen LogP contribution >= 0.6 is 0 Å². The van der Waals surface area contributed by atoms with Crippen LogP contribution in [0.5, 0.6) is 0 Å². The minimum Gasteiger partial charge on any atom is -0.371 e. The standard InChI is InChI=1S/C12H20N2O2/c1-4-11(16-6-3)10(15)9-12-13-7-8-14(12)5-2/h7-8,11H,4-6,9H2,1-3H3. The van der Waals surface area contributed by atoms with Gasteiger partial charge in [0.2, 0.25) is 0 Å². The Bertz CT molecular complexity index is 334. The topological polar surface area (TPSA) is 44.1 Å². The summed E-state index contributed by atoms with van der Waals surface area (Å²) in [6, 6.07) is 0. The highest BCUT2D eigenvalue weighted by Gasteiger charge is 2.18. The van der Waals surface area contributed by atoms with Crippen molar-refractivity contribution < 1.29 is 9.53 Å². The number of rotatable bonds is 7. The van der Waals surface area contributed by atoms with E-state index in [1.54, 1.807) is 6.20 Å². The van der Waals surface area contributed by atoms with Crippen molar-refractivity contribution in [3.63, 3.8) is 0 Å². The zero-order valence-electron chi connectivity index (χ0n) is 10.3. The molecule has 90 valence electrons. The summed E-state index contributed by atoms with van der Waals surface area (Å²) in [6.45, 7) is 7.32. The van der Waals surface area contributed by atoms with Gasteiger partial charge in [-0.2, -0.15) is 0 Å². The van der Waals surface area contributed by atoms with Gasteiger partial charge in [-0.3, -0.25) is 4.79 Å². The van der Waals surface area contributed by atoms with Crippen LogP contribution in [0.2, 0.25) is 0 Å². The first-order chi connectivity index (χ1) is 7.72. The van der Waals surface area contributed by atoms with Crippen molar-refractivity contribution in [2.75, 3.05) is 6.61 Å². The van der Waals surface area contributed by atoms with Crippen LogP contribution in [-0.4, -0.2) is 28.0 Å². The zero-order chi connectivity index (χ0) is 12.0. The molecule has 1 unspecified atom stereocenters. The van der Waals surface area contributed by atoms with Crippen LogP contribution in [0, 0.1) is 0 Å². The van der Waals surface area contributed by atoms with Crippen LogP contribution in [0.3, 0.4) is 0 Å². The Labute approximate surface area is 96.6 Å². The third kappa shape index (κ3) is 3.17. The third-order valence-electron chi connectivity index (χ3n) is 2.57. The summed E-state index contributed by atoms with van der Waals surface area (Å²) < 4.78 is 7.37. The monoisotopic (exact) mass is 224 g/mol. The van der Waals surface area contributed by atoms with E-state index in [-0.39, 0.29) is 11.9 Å². The lowest BCUT2D eigenvalue weighted by molar-refractivity contribution is -0.129. The molecule has 0 saturated heterocycles. The molecule has 1 atom stereocenters. The van der Waals surface area contributed by atoms with E-state index in [4.69, 9.17) is 4.74 Å². The molecule has 0 bridgehead atoms. The van der Waals surface area contributed by atoms with E-state index in [0.29, 0.717) is 13.0 Å². The molecule has 0 spiro atoms. The highest BCUT2D eigenvalue weighted by Crippen LogP contribution is 2.06. The van der Waals surface area contributed by atoms with E-state index in [9.17, 15) is 4.79 Å². The average Bonchev–Trinajstić information content (AvgIpc) is 2.72. The molecule has 1 rings (SSSR count).